The number of nitrogens with zero attached hydrogens (tertiary/aromatic N) is 3. The Morgan fingerprint density at radius 3 is 2.63 bits per heavy atom. The van der Waals surface area contributed by atoms with E-state index in [9.17, 15) is 5.11 Å². The van der Waals surface area contributed by atoms with E-state index in [1.165, 1.54) is 4.90 Å². The standard InChI is InChI=1S/C20H27N3O3S/c1-14-17(21-20(26-14)15-3-5-16(27-2)6-4-15)11-22-12-18(19(24)13-22)23-7-9-25-10-8-23/h3-6,18-19,24H,7-13H2,1-2H3. The van der Waals surface area contributed by atoms with Gasteiger partial charge in [0.25, 0.3) is 0 Å². The molecule has 2 saturated heterocycles. The number of hydrogen-bond donors (Lipinski definition) is 1. The number of rotatable bonds is 5. The summed E-state index contributed by atoms with van der Waals surface area (Å²) in [5, 5.41) is 10.5. The van der Waals surface area contributed by atoms with Crippen LogP contribution in [-0.2, 0) is 11.3 Å². The molecule has 2 atom stereocenters. The third-order valence-corrected chi connectivity index (χ3v) is 6.20. The van der Waals surface area contributed by atoms with Crippen molar-refractivity contribution in [2.75, 3.05) is 45.6 Å². The largest absolute Gasteiger partial charge is 0.441 e. The molecular formula is C20H27N3O3S. The summed E-state index contributed by atoms with van der Waals surface area (Å²) in [4.78, 5) is 10.6. The lowest BCUT2D eigenvalue weighted by Crippen LogP contribution is -2.48. The van der Waals surface area contributed by atoms with E-state index in [-0.39, 0.29) is 12.1 Å². The summed E-state index contributed by atoms with van der Waals surface area (Å²) in [6.07, 6.45) is 1.74. The van der Waals surface area contributed by atoms with Crippen LogP contribution in [0, 0.1) is 6.92 Å². The number of β-amino-alcohol motifs (C(OH)–C–C–N with tert-alkyl or cyclic N) is 1. The Kier molecular flexibility index (Phi) is 5.85. The van der Waals surface area contributed by atoms with Gasteiger partial charge in [-0.15, -0.1) is 11.8 Å². The number of aryl methyl sites for hydroxylation is 1. The monoisotopic (exact) mass is 389 g/mol. The lowest BCUT2D eigenvalue weighted by atomic mass is 10.1. The fourth-order valence-electron chi connectivity index (χ4n) is 3.89. The van der Waals surface area contributed by atoms with Crippen LogP contribution in [0.25, 0.3) is 11.5 Å². The Bertz CT molecular complexity index is 758. The molecule has 0 spiro atoms. The number of oxazole rings is 1. The number of thioether (sulfide) groups is 1. The fraction of sp³-hybridized carbons (Fsp3) is 0.550. The molecule has 1 aromatic carbocycles. The van der Waals surface area contributed by atoms with Crippen molar-refractivity contribution in [3.8, 4) is 11.5 Å². The smallest absolute Gasteiger partial charge is 0.226 e. The zero-order valence-corrected chi connectivity index (χ0v) is 16.7. The molecule has 0 radical (unpaired) electrons. The summed E-state index contributed by atoms with van der Waals surface area (Å²) in [6, 6.07) is 8.45. The highest BCUT2D eigenvalue weighted by Gasteiger charge is 2.36. The molecule has 4 rings (SSSR count). The highest BCUT2D eigenvalue weighted by Crippen LogP contribution is 2.26. The number of aromatic nitrogens is 1. The topological polar surface area (TPSA) is 62.0 Å². The Morgan fingerprint density at radius 1 is 1.19 bits per heavy atom. The van der Waals surface area contributed by atoms with Gasteiger partial charge in [0.15, 0.2) is 0 Å². The fourth-order valence-corrected chi connectivity index (χ4v) is 4.30. The van der Waals surface area contributed by atoms with Crippen molar-refractivity contribution >= 4 is 11.8 Å². The molecule has 0 amide bonds. The maximum atomic E-state index is 10.5. The summed E-state index contributed by atoms with van der Waals surface area (Å²) in [5.41, 5.74) is 1.95. The normalized spacial score (nSPS) is 24.6. The first-order chi connectivity index (χ1) is 13.1. The molecule has 3 heterocycles. The van der Waals surface area contributed by atoms with Gasteiger partial charge in [0.1, 0.15) is 5.76 Å². The second-order valence-electron chi connectivity index (χ2n) is 7.23. The third kappa shape index (κ3) is 4.22. The highest BCUT2D eigenvalue weighted by atomic mass is 32.2. The van der Waals surface area contributed by atoms with Crippen LogP contribution in [0.3, 0.4) is 0 Å². The zero-order chi connectivity index (χ0) is 18.8. The number of aliphatic hydroxyl groups is 1. The molecule has 27 heavy (non-hydrogen) atoms. The maximum Gasteiger partial charge on any atom is 0.226 e. The van der Waals surface area contributed by atoms with E-state index in [1.54, 1.807) is 11.8 Å². The van der Waals surface area contributed by atoms with Crippen molar-refractivity contribution < 1.29 is 14.3 Å². The molecule has 2 aliphatic rings. The van der Waals surface area contributed by atoms with Crippen LogP contribution in [0.4, 0.5) is 0 Å². The van der Waals surface area contributed by atoms with Gasteiger partial charge in [-0.25, -0.2) is 4.98 Å². The van der Waals surface area contributed by atoms with Crippen molar-refractivity contribution in [1.29, 1.82) is 0 Å². The minimum Gasteiger partial charge on any atom is -0.441 e. The van der Waals surface area contributed by atoms with Gasteiger partial charge in [-0.05, 0) is 37.4 Å². The van der Waals surface area contributed by atoms with Gasteiger partial charge in [0, 0.05) is 49.2 Å². The van der Waals surface area contributed by atoms with Gasteiger partial charge in [0.2, 0.25) is 5.89 Å². The number of ether oxygens (including phenoxy) is 1. The first-order valence-corrected chi connectivity index (χ1v) is 10.7. The van der Waals surface area contributed by atoms with E-state index in [2.05, 4.69) is 40.3 Å². The first-order valence-electron chi connectivity index (χ1n) is 9.47. The number of hydrogen-bond acceptors (Lipinski definition) is 7. The lowest BCUT2D eigenvalue weighted by Gasteiger charge is -2.33. The van der Waals surface area contributed by atoms with Crippen LogP contribution in [0.1, 0.15) is 11.5 Å². The molecule has 0 aliphatic carbocycles. The highest BCUT2D eigenvalue weighted by molar-refractivity contribution is 7.98. The second-order valence-corrected chi connectivity index (χ2v) is 8.11. The van der Waals surface area contributed by atoms with Gasteiger partial charge in [0.05, 0.1) is 25.0 Å². The third-order valence-electron chi connectivity index (χ3n) is 5.45. The molecule has 1 N–H and O–H groups in total. The van der Waals surface area contributed by atoms with Crippen LogP contribution in [0.2, 0.25) is 0 Å². The lowest BCUT2D eigenvalue weighted by molar-refractivity contribution is -0.00618. The molecule has 2 unspecified atom stereocenters. The predicted molar refractivity (Wildman–Crippen MR) is 106 cm³/mol. The van der Waals surface area contributed by atoms with Crippen LogP contribution in [0.5, 0.6) is 0 Å². The molecule has 2 aliphatic heterocycles. The summed E-state index contributed by atoms with van der Waals surface area (Å²) in [7, 11) is 0. The number of likely N-dealkylation sites (tertiary alicyclic amines) is 1. The molecule has 146 valence electrons. The van der Waals surface area contributed by atoms with Crippen molar-refractivity contribution in [2.24, 2.45) is 0 Å². The SMILES string of the molecule is CSc1ccc(-c2nc(CN3CC(O)C(N4CCOCC4)C3)c(C)o2)cc1. The molecule has 1 aromatic heterocycles. The molecule has 0 bridgehead atoms. The van der Waals surface area contributed by atoms with Crippen molar-refractivity contribution in [3.05, 3.63) is 35.7 Å². The van der Waals surface area contributed by atoms with Gasteiger partial charge in [-0.2, -0.15) is 0 Å². The van der Waals surface area contributed by atoms with Crippen LogP contribution in [-0.4, -0.2) is 77.7 Å². The molecule has 2 aromatic rings. The van der Waals surface area contributed by atoms with E-state index < -0.39 is 0 Å². The number of morpholine rings is 1. The van der Waals surface area contributed by atoms with Gasteiger partial charge < -0.3 is 14.3 Å². The number of benzene rings is 1. The summed E-state index contributed by atoms with van der Waals surface area (Å²) in [6.45, 7) is 7.50. The number of aliphatic hydroxyl groups excluding tert-OH is 1. The zero-order valence-electron chi connectivity index (χ0n) is 15.9. The second kappa shape index (κ2) is 8.32. The van der Waals surface area contributed by atoms with Gasteiger partial charge >= 0.3 is 0 Å². The van der Waals surface area contributed by atoms with Crippen molar-refractivity contribution in [2.45, 2.75) is 30.5 Å². The average Bonchev–Trinajstić information content (AvgIpc) is 3.25. The van der Waals surface area contributed by atoms with E-state index in [0.29, 0.717) is 19.0 Å². The van der Waals surface area contributed by atoms with Crippen molar-refractivity contribution in [3.63, 3.8) is 0 Å². The Balaban J connectivity index is 1.43. The Hall–Kier alpha value is -1.38. The van der Waals surface area contributed by atoms with Crippen LogP contribution >= 0.6 is 11.8 Å². The van der Waals surface area contributed by atoms with Crippen LogP contribution in [0.15, 0.2) is 33.6 Å². The molecule has 2 fully saturated rings. The molecule has 0 saturated carbocycles. The Labute approximate surface area is 164 Å². The van der Waals surface area contributed by atoms with Crippen LogP contribution < -0.4 is 0 Å². The summed E-state index contributed by atoms with van der Waals surface area (Å²) >= 11 is 1.72. The summed E-state index contributed by atoms with van der Waals surface area (Å²) in [5.74, 6) is 1.52. The van der Waals surface area contributed by atoms with E-state index >= 15 is 0 Å². The molecule has 7 heteroatoms. The molecule has 6 nitrogen and oxygen atoms in total. The quantitative estimate of drug-likeness (QED) is 0.787. The van der Waals surface area contributed by atoms with E-state index in [0.717, 1.165) is 49.9 Å². The minimum atomic E-state index is -0.325. The average molecular weight is 390 g/mol. The van der Waals surface area contributed by atoms with Gasteiger partial charge in [-0.3, -0.25) is 9.80 Å². The Morgan fingerprint density at radius 2 is 1.93 bits per heavy atom. The first kappa shape index (κ1) is 19.0. The summed E-state index contributed by atoms with van der Waals surface area (Å²) < 4.78 is 11.4. The minimum absolute atomic E-state index is 0.180. The molecular weight excluding hydrogens is 362 g/mol. The van der Waals surface area contributed by atoms with E-state index in [4.69, 9.17) is 14.1 Å². The predicted octanol–water partition coefficient (Wildman–Crippen LogP) is 2.25. The van der Waals surface area contributed by atoms with E-state index in [1.807, 2.05) is 6.92 Å². The van der Waals surface area contributed by atoms with Crippen molar-refractivity contribution in [1.82, 2.24) is 14.8 Å². The van der Waals surface area contributed by atoms with Gasteiger partial charge in [-0.1, -0.05) is 0 Å². The maximum absolute atomic E-state index is 10.5.